The molecule has 33 heavy (non-hydrogen) atoms. The van der Waals surface area contributed by atoms with Crippen molar-refractivity contribution < 1.29 is 33.6 Å². The fraction of sp³-hybridized carbons (Fsp3) is 0.524. The minimum atomic E-state index is -0.602. The number of hydrogen-bond donors (Lipinski definition) is 0. The van der Waals surface area contributed by atoms with Crippen LogP contribution in [0.2, 0.25) is 0 Å². The van der Waals surface area contributed by atoms with Crippen LogP contribution < -0.4 is 9.64 Å². The number of piperidine rings is 1. The molecule has 0 radical (unpaired) electrons. The Bertz CT molecular complexity index is 958. The summed E-state index contributed by atoms with van der Waals surface area (Å²) in [6, 6.07) is 3.81. The maximum Gasteiger partial charge on any atom is 0.309 e. The highest BCUT2D eigenvalue weighted by Crippen LogP contribution is 2.35. The second-order valence-electron chi connectivity index (χ2n) is 7.83. The molecule has 0 spiro atoms. The SMILES string of the molecule is CCOC(=O)C1CCN(C(=O)CN(C)C(=O)CN2C(=O)COc3ccc([N+](=O)[O-])cc32)CC1. The standard InChI is InChI=1S/C21H26N4O8/c1-3-32-21(29)14-6-8-23(9-7-14)19(27)11-22(2)18(26)12-24-16-10-15(25(30)31)4-5-17(16)33-13-20(24)28/h4-5,10,14H,3,6-9,11-13H2,1-2H3. The van der Waals surface area contributed by atoms with Crippen LogP contribution in [0.25, 0.3) is 0 Å². The van der Waals surface area contributed by atoms with E-state index in [-0.39, 0.29) is 54.6 Å². The van der Waals surface area contributed by atoms with Gasteiger partial charge in [-0.1, -0.05) is 0 Å². The number of rotatable bonds is 7. The van der Waals surface area contributed by atoms with Gasteiger partial charge in [0.25, 0.3) is 11.6 Å². The van der Waals surface area contributed by atoms with Gasteiger partial charge in [0.1, 0.15) is 12.3 Å². The first-order chi connectivity index (χ1) is 15.7. The number of nitrogens with zero attached hydrogens (tertiary/aromatic N) is 4. The Labute approximate surface area is 190 Å². The number of amides is 3. The van der Waals surface area contributed by atoms with Gasteiger partial charge in [0, 0.05) is 32.3 Å². The van der Waals surface area contributed by atoms with Crippen LogP contribution in [0.15, 0.2) is 18.2 Å². The van der Waals surface area contributed by atoms with Crippen LogP contribution in [0, 0.1) is 16.0 Å². The largest absolute Gasteiger partial charge is 0.482 e. The Hall–Kier alpha value is -3.70. The Kier molecular flexibility index (Phi) is 7.46. The lowest BCUT2D eigenvalue weighted by Gasteiger charge is -2.33. The maximum absolute atomic E-state index is 12.7. The fourth-order valence-electron chi connectivity index (χ4n) is 3.75. The Morgan fingerprint density at radius 2 is 1.97 bits per heavy atom. The predicted molar refractivity (Wildman–Crippen MR) is 115 cm³/mol. The predicted octanol–water partition coefficient (Wildman–Crippen LogP) is 0.580. The van der Waals surface area contributed by atoms with E-state index in [1.807, 2.05) is 0 Å². The number of fused-ring (bicyclic) bond motifs is 1. The van der Waals surface area contributed by atoms with Crippen molar-refractivity contribution in [2.24, 2.45) is 5.92 Å². The molecule has 0 bridgehead atoms. The molecular formula is C21H26N4O8. The van der Waals surface area contributed by atoms with Gasteiger partial charge in [0.15, 0.2) is 6.61 Å². The van der Waals surface area contributed by atoms with Gasteiger partial charge < -0.3 is 19.3 Å². The summed E-state index contributed by atoms with van der Waals surface area (Å²) in [4.78, 5) is 64.0. The minimum absolute atomic E-state index is 0.134. The lowest BCUT2D eigenvalue weighted by Crippen LogP contribution is -2.49. The normalized spacial score (nSPS) is 16.0. The first-order valence-electron chi connectivity index (χ1n) is 10.6. The van der Waals surface area contributed by atoms with Gasteiger partial charge in [-0.2, -0.15) is 0 Å². The second-order valence-corrected chi connectivity index (χ2v) is 7.83. The molecular weight excluding hydrogens is 436 g/mol. The molecule has 2 aliphatic rings. The minimum Gasteiger partial charge on any atom is -0.482 e. The Morgan fingerprint density at radius 3 is 2.61 bits per heavy atom. The maximum atomic E-state index is 12.7. The highest BCUT2D eigenvalue weighted by atomic mass is 16.6. The number of ether oxygens (including phenoxy) is 2. The van der Waals surface area contributed by atoms with E-state index in [1.54, 1.807) is 11.8 Å². The van der Waals surface area contributed by atoms with E-state index in [4.69, 9.17) is 9.47 Å². The monoisotopic (exact) mass is 462 g/mol. The first kappa shape index (κ1) is 24.0. The Morgan fingerprint density at radius 1 is 1.27 bits per heavy atom. The number of hydrogen-bond acceptors (Lipinski definition) is 8. The van der Waals surface area contributed by atoms with Crippen LogP contribution in [0.4, 0.5) is 11.4 Å². The van der Waals surface area contributed by atoms with E-state index in [0.29, 0.717) is 32.5 Å². The molecule has 0 saturated carbocycles. The van der Waals surface area contributed by atoms with Gasteiger partial charge in [-0.15, -0.1) is 0 Å². The summed E-state index contributed by atoms with van der Waals surface area (Å²) in [7, 11) is 1.45. The summed E-state index contributed by atoms with van der Waals surface area (Å²) in [6.07, 6.45) is 1.00. The highest BCUT2D eigenvalue weighted by molar-refractivity contribution is 6.02. The molecule has 12 heteroatoms. The zero-order chi connectivity index (χ0) is 24.1. The van der Waals surface area contributed by atoms with E-state index in [1.165, 1.54) is 30.1 Å². The third kappa shape index (κ3) is 5.57. The summed E-state index contributed by atoms with van der Waals surface area (Å²) in [5.41, 5.74) is -0.103. The number of likely N-dealkylation sites (tertiary alicyclic amines) is 1. The molecule has 0 atom stereocenters. The van der Waals surface area contributed by atoms with Gasteiger partial charge in [0.05, 0.1) is 29.7 Å². The number of carbonyl (C=O) groups is 4. The molecule has 1 aromatic carbocycles. The lowest BCUT2D eigenvalue weighted by atomic mass is 9.97. The first-order valence-corrected chi connectivity index (χ1v) is 10.6. The summed E-state index contributed by atoms with van der Waals surface area (Å²) in [5.74, 6) is -1.51. The van der Waals surface area contributed by atoms with Gasteiger partial charge in [0.2, 0.25) is 11.8 Å². The molecule has 0 aromatic heterocycles. The number of non-ortho nitro benzene ring substituents is 1. The number of nitro groups is 1. The average molecular weight is 462 g/mol. The highest BCUT2D eigenvalue weighted by Gasteiger charge is 2.32. The van der Waals surface area contributed by atoms with E-state index in [2.05, 4.69) is 0 Å². The molecule has 2 aliphatic heterocycles. The van der Waals surface area contributed by atoms with Crippen LogP contribution in [0.1, 0.15) is 19.8 Å². The zero-order valence-electron chi connectivity index (χ0n) is 18.5. The van der Waals surface area contributed by atoms with Crippen LogP contribution in [-0.2, 0) is 23.9 Å². The number of carbonyl (C=O) groups excluding carboxylic acids is 4. The van der Waals surface area contributed by atoms with Crippen molar-refractivity contribution in [2.75, 3.05) is 51.3 Å². The summed E-state index contributed by atoms with van der Waals surface area (Å²) in [6.45, 7) is 1.97. The molecule has 12 nitrogen and oxygen atoms in total. The van der Waals surface area contributed by atoms with Crippen LogP contribution in [0.3, 0.4) is 0 Å². The third-order valence-electron chi connectivity index (χ3n) is 5.66. The quantitative estimate of drug-likeness (QED) is 0.326. The van der Waals surface area contributed by atoms with E-state index < -0.39 is 16.7 Å². The summed E-state index contributed by atoms with van der Waals surface area (Å²) >= 11 is 0. The Balaban J connectivity index is 1.58. The van der Waals surface area contributed by atoms with Crippen molar-refractivity contribution in [2.45, 2.75) is 19.8 Å². The number of esters is 1. The number of benzene rings is 1. The topological polar surface area (TPSA) is 140 Å². The van der Waals surface area contributed by atoms with Gasteiger partial charge in [-0.25, -0.2) is 0 Å². The van der Waals surface area contributed by atoms with Crippen molar-refractivity contribution in [1.82, 2.24) is 9.80 Å². The summed E-state index contributed by atoms with van der Waals surface area (Å²) < 4.78 is 10.3. The van der Waals surface area contributed by atoms with E-state index in [9.17, 15) is 29.3 Å². The van der Waals surface area contributed by atoms with Gasteiger partial charge >= 0.3 is 5.97 Å². The van der Waals surface area contributed by atoms with Crippen molar-refractivity contribution in [1.29, 1.82) is 0 Å². The van der Waals surface area contributed by atoms with Crippen LogP contribution in [-0.4, -0.2) is 84.9 Å². The van der Waals surface area contributed by atoms with E-state index in [0.717, 1.165) is 4.90 Å². The third-order valence-corrected chi connectivity index (χ3v) is 5.66. The molecule has 0 aliphatic carbocycles. The van der Waals surface area contributed by atoms with Gasteiger partial charge in [-0.3, -0.25) is 34.2 Å². The van der Waals surface area contributed by atoms with Crippen molar-refractivity contribution in [3.8, 4) is 5.75 Å². The molecule has 0 N–H and O–H groups in total. The molecule has 3 rings (SSSR count). The number of anilines is 1. The van der Waals surface area contributed by atoms with Crippen molar-refractivity contribution in [3.05, 3.63) is 28.3 Å². The molecule has 1 aromatic rings. The average Bonchev–Trinajstić information content (AvgIpc) is 2.80. The molecule has 1 fully saturated rings. The van der Waals surface area contributed by atoms with E-state index >= 15 is 0 Å². The molecule has 0 unspecified atom stereocenters. The van der Waals surface area contributed by atoms with Crippen molar-refractivity contribution >= 4 is 35.1 Å². The fourth-order valence-corrected chi connectivity index (χ4v) is 3.75. The molecule has 2 heterocycles. The van der Waals surface area contributed by atoms with Crippen LogP contribution >= 0.6 is 0 Å². The number of likely N-dealkylation sites (N-methyl/N-ethyl adjacent to an activating group) is 1. The smallest absolute Gasteiger partial charge is 0.309 e. The summed E-state index contributed by atoms with van der Waals surface area (Å²) in [5, 5.41) is 11.1. The zero-order valence-corrected chi connectivity index (χ0v) is 18.5. The van der Waals surface area contributed by atoms with Crippen LogP contribution in [0.5, 0.6) is 5.75 Å². The molecule has 1 saturated heterocycles. The lowest BCUT2D eigenvalue weighted by molar-refractivity contribution is -0.384. The molecule has 3 amide bonds. The second kappa shape index (κ2) is 10.3. The van der Waals surface area contributed by atoms with Gasteiger partial charge in [-0.05, 0) is 25.8 Å². The number of nitro benzene ring substituents is 1. The van der Waals surface area contributed by atoms with Crippen molar-refractivity contribution in [3.63, 3.8) is 0 Å². The molecule has 178 valence electrons.